The lowest BCUT2D eigenvalue weighted by atomic mass is 10.1. The van der Waals surface area contributed by atoms with Crippen LogP contribution in [-0.4, -0.2) is 37.6 Å². The van der Waals surface area contributed by atoms with Crippen molar-refractivity contribution in [1.29, 1.82) is 0 Å². The van der Waals surface area contributed by atoms with Gasteiger partial charge in [-0.25, -0.2) is 0 Å². The van der Waals surface area contributed by atoms with E-state index in [-0.39, 0.29) is 0 Å². The Kier molecular flexibility index (Phi) is 4.45. The first-order chi connectivity index (χ1) is 7.34. The van der Waals surface area contributed by atoms with Crippen molar-refractivity contribution in [1.82, 2.24) is 10.2 Å². The predicted molar refractivity (Wildman–Crippen MR) is 65.0 cm³/mol. The van der Waals surface area contributed by atoms with Gasteiger partial charge in [0.2, 0.25) is 0 Å². The summed E-state index contributed by atoms with van der Waals surface area (Å²) in [6, 6.07) is 0. The maximum Gasteiger partial charge on any atom is 0.00191 e. The number of nitrogens with zero attached hydrogens (tertiary/aromatic N) is 1. The zero-order chi connectivity index (χ0) is 10.5. The lowest BCUT2D eigenvalue weighted by Gasteiger charge is -2.29. The third kappa shape index (κ3) is 4.52. The van der Waals surface area contributed by atoms with Crippen LogP contribution in [0.25, 0.3) is 0 Å². The quantitative estimate of drug-likeness (QED) is 0.722. The van der Waals surface area contributed by atoms with Crippen molar-refractivity contribution in [2.75, 3.05) is 32.7 Å². The molecular weight excluding hydrogens is 184 g/mol. The minimum absolute atomic E-state index is 0.821. The number of hydrogen-bond donors (Lipinski definition) is 1. The average molecular weight is 210 g/mol. The molecule has 2 aliphatic rings. The monoisotopic (exact) mass is 210 g/mol. The smallest absolute Gasteiger partial charge is 0.00191 e. The van der Waals surface area contributed by atoms with E-state index in [9.17, 15) is 0 Å². The molecule has 0 bridgehead atoms. The number of nitrogens with one attached hydrogen (secondary N) is 1. The van der Waals surface area contributed by atoms with Crippen LogP contribution in [-0.2, 0) is 0 Å². The first-order valence-corrected chi connectivity index (χ1v) is 6.77. The van der Waals surface area contributed by atoms with Gasteiger partial charge in [-0.05, 0) is 63.7 Å². The molecule has 2 rings (SSSR count). The first-order valence-electron chi connectivity index (χ1n) is 6.77. The zero-order valence-corrected chi connectivity index (χ0v) is 10.2. The Labute approximate surface area is 94.4 Å². The van der Waals surface area contributed by atoms with Gasteiger partial charge in [0.05, 0.1) is 0 Å². The molecule has 0 aromatic rings. The van der Waals surface area contributed by atoms with Gasteiger partial charge in [0, 0.05) is 6.54 Å². The second-order valence-corrected chi connectivity index (χ2v) is 5.57. The fourth-order valence-electron chi connectivity index (χ4n) is 2.50. The lowest BCUT2D eigenvalue weighted by Crippen LogP contribution is -2.37. The summed E-state index contributed by atoms with van der Waals surface area (Å²) < 4.78 is 0. The fourth-order valence-corrected chi connectivity index (χ4v) is 2.50. The van der Waals surface area contributed by atoms with Crippen molar-refractivity contribution in [3.63, 3.8) is 0 Å². The van der Waals surface area contributed by atoms with E-state index in [4.69, 9.17) is 0 Å². The number of likely N-dealkylation sites (tertiary alicyclic amines) is 1. The van der Waals surface area contributed by atoms with Crippen molar-refractivity contribution >= 4 is 0 Å². The summed E-state index contributed by atoms with van der Waals surface area (Å²) in [6.07, 6.45) is 7.22. The normalized spacial score (nSPS) is 25.4. The lowest BCUT2D eigenvalue weighted by molar-refractivity contribution is 0.199. The van der Waals surface area contributed by atoms with Gasteiger partial charge in [-0.3, -0.25) is 0 Å². The molecule has 1 N–H and O–H groups in total. The SMILES string of the molecule is CC(CNCC1CC1)CN1CCCCC1. The number of hydrogen-bond acceptors (Lipinski definition) is 2. The molecule has 2 fully saturated rings. The summed E-state index contributed by atoms with van der Waals surface area (Å²) in [4.78, 5) is 2.65. The van der Waals surface area contributed by atoms with E-state index >= 15 is 0 Å². The van der Waals surface area contributed by atoms with E-state index in [1.807, 2.05) is 0 Å². The highest BCUT2D eigenvalue weighted by Gasteiger charge is 2.20. The van der Waals surface area contributed by atoms with E-state index in [1.165, 1.54) is 64.8 Å². The van der Waals surface area contributed by atoms with Crippen molar-refractivity contribution < 1.29 is 0 Å². The first kappa shape index (κ1) is 11.4. The van der Waals surface area contributed by atoms with E-state index in [0.29, 0.717) is 0 Å². The maximum absolute atomic E-state index is 3.61. The minimum Gasteiger partial charge on any atom is -0.316 e. The fraction of sp³-hybridized carbons (Fsp3) is 1.00. The van der Waals surface area contributed by atoms with Crippen LogP contribution in [0.15, 0.2) is 0 Å². The summed E-state index contributed by atoms with van der Waals surface area (Å²) >= 11 is 0. The predicted octanol–water partition coefficient (Wildman–Crippen LogP) is 2.11. The molecule has 0 spiro atoms. The minimum atomic E-state index is 0.821. The Bertz CT molecular complexity index is 171. The molecule has 1 saturated carbocycles. The third-order valence-electron chi connectivity index (χ3n) is 3.64. The average Bonchev–Trinajstić information content (AvgIpc) is 3.03. The van der Waals surface area contributed by atoms with Crippen LogP contribution in [0.5, 0.6) is 0 Å². The molecule has 1 aliphatic heterocycles. The summed E-state index contributed by atoms with van der Waals surface area (Å²) in [6.45, 7) is 8.85. The van der Waals surface area contributed by atoms with Gasteiger partial charge in [0.25, 0.3) is 0 Å². The van der Waals surface area contributed by atoms with Gasteiger partial charge < -0.3 is 10.2 Å². The largest absolute Gasteiger partial charge is 0.316 e. The van der Waals surface area contributed by atoms with Gasteiger partial charge in [0.1, 0.15) is 0 Å². The molecule has 0 aromatic carbocycles. The summed E-state index contributed by atoms with van der Waals surface area (Å²) in [7, 11) is 0. The summed E-state index contributed by atoms with van der Waals surface area (Å²) in [5, 5.41) is 3.61. The van der Waals surface area contributed by atoms with Gasteiger partial charge >= 0.3 is 0 Å². The van der Waals surface area contributed by atoms with Crippen molar-refractivity contribution in [3.05, 3.63) is 0 Å². The van der Waals surface area contributed by atoms with E-state index in [2.05, 4.69) is 17.1 Å². The van der Waals surface area contributed by atoms with E-state index in [1.54, 1.807) is 0 Å². The highest BCUT2D eigenvalue weighted by atomic mass is 15.1. The molecule has 1 aliphatic carbocycles. The molecular formula is C13H26N2. The zero-order valence-electron chi connectivity index (χ0n) is 10.2. The van der Waals surface area contributed by atoms with Crippen LogP contribution in [0.1, 0.15) is 39.0 Å². The van der Waals surface area contributed by atoms with Crippen LogP contribution in [0, 0.1) is 11.8 Å². The second kappa shape index (κ2) is 5.86. The van der Waals surface area contributed by atoms with Gasteiger partial charge in [-0.15, -0.1) is 0 Å². The molecule has 0 aromatic heterocycles. The molecule has 88 valence electrons. The molecule has 2 nitrogen and oxygen atoms in total. The van der Waals surface area contributed by atoms with Gasteiger partial charge in [-0.1, -0.05) is 13.3 Å². The van der Waals surface area contributed by atoms with Crippen molar-refractivity contribution in [2.45, 2.75) is 39.0 Å². The number of piperidine rings is 1. The molecule has 0 radical (unpaired) electrons. The van der Waals surface area contributed by atoms with Crippen molar-refractivity contribution in [2.24, 2.45) is 11.8 Å². The molecule has 1 unspecified atom stereocenters. The third-order valence-corrected chi connectivity index (χ3v) is 3.64. The van der Waals surface area contributed by atoms with Crippen molar-refractivity contribution in [3.8, 4) is 0 Å². The van der Waals surface area contributed by atoms with Crippen LogP contribution in [0.3, 0.4) is 0 Å². The molecule has 1 heterocycles. The molecule has 1 saturated heterocycles. The van der Waals surface area contributed by atoms with E-state index in [0.717, 1.165) is 11.8 Å². The summed E-state index contributed by atoms with van der Waals surface area (Å²) in [5.74, 6) is 1.84. The highest BCUT2D eigenvalue weighted by molar-refractivity contribution is 4.76. The highest BCUT2D eigenvalue weighted by Crippen LogP contribution is 2.27. The molecule has 15 heavy (non-hydrogen) atoms. The Morgan fingerprint density at radius 1 is 1.20 bits per heavy atom. The van der Waals surface area contributed by atoms with E-state index < -0.39 is 0 Å². The second-order valence-electron chi connectivity index (χ2n) is 5.57. The van der Waals surface area contributed by atoms with Crippen LogP contribution in [0.2, 0.25) is 0 Å². The molecule has 0 amide bonds. The molecule has 1 atom stereocenters. The number of rotatable bonds is 6. The Morgan fingerprint density at radius 2 is 1.93 bits per heavy atom. The van der Waals surface area contributed by atoms with Crippen LogP contribution in [0.4, 0.5) is 0 Å². The Hall–Kier alpha value is -0.0800. The van der Waals surface area contributed by atoms with Crippen LogP contribution >= 0.6 is 0 Å². The topological polar surface area (TPSA) is 15.3 Å². The summed E-state index contributed by atoms with van der Waals surface area (Å²) in [5.41, 5.74) is 0. The van der Waals surface area contributed by atoms with Crippen LogP contribution < -0.4 is 5.32 Å². The standard InChI is InChI=1S/C13H26N2/c1-12(9-14-10-13-5-6-13)11-15-7-3-2-4-8-15/h12-14H,2-11H2,1H3. The van der Waals surface area contributed by atoms with Gasteiger partial charge in [-0.2, -0.15) is 0 Å². The Morgan fingerprint density at radius 3 is 2.60 bits per heavy atom. The van der Waals surface area contributed by atoms with Gasteiger partial charge in [0.15, 0.2) is 0 Å². The Balaban J connectivity index is 1.51. The maximum atomic E-state index is 3.61. The molecule has 2 heteroatoms.